The number of hydrogen-bond acceptors (Lipinski definition) is 5. The predicted octanol–water partition coefficient (Wildman–Crippen LogP) is -4.58. The van der Waals surface area contributed by atoms with Gasteiger partial charge in [0.05, 0.1) is 0 Å². The molecule has 0 bridgehead atoms. The molecule has 0 aliphatic heterocycles. The van der Waals surface area contributed by atoms with Gasteiger partial charge in [-0.05, 0) is 0 Å². The van der Waals surface area contributed by atoms with E-state index < -0.39 is 15.6 Å². The van der Waals surface area contributed by atoms with Gasteiger partial charge in [0.2, 0.25) is 0 Å². The van der Waals surface area contributed by atoms with E-state index in [-0.39, 0.29) is 22.5 Å². The molecule has 0 aliphatic rings. The van der Waals surface area contributed by atoms with Gasteiger partial charge in [0, 0.05) is 0 Å². The second-order valence-corrected chi connectivity index (χ2v) is 2.88. The van der Waals surface area contributed by atoms with Crippen LogP contribution >= 0.6 is 15.6 Å². The van der Waals surface area contributed by atoms with Gasteiger partial charge in [-0.3, -0.25) is 0 Å². The Kier molecular flexibility index (Phi) is 15.9. The summed E-state index contributed by atoms with van der Waals surface area (Å²) in [6.45, 7) is 0. The fraction of sp³-hybridized carbons (Fsp3) is 0. The van der Waals surface area contributed by atoms with E-state index in [9.17, 15) is 0 Å². The summed E-state index contributed by atoms with van der Waals surface area (Å²) in [6.07, 6.45) is 0. The first-order valence-corrected chi connectivity index (χ1v) is 4.54. The zero-order valence-electron chi connectivity index (χ0n) is 5.13. The van der Waals surface area contributed by atoms with Crippen LogP contribution in [0.5, 0.6) is 0 Å². The standard InChI is InChI=1S/Fe.2H3O4P.H2O/c;2*1-5(2,3)4;/h;2*(H3,1,2,3,4);1H2/q+3;;;/p-3. The van der Waals surface area contributed by atoms with E-state index in [1.54, 1.807) is 0 Å². The predicted molar refractivity (Wildman–Crippen MR) is 25.5 cm³/mol. The Balaban J connectivity index is -0.0000000457. The van der Waals surface area contributed by atoms with Crippen LogP contribution in [0.25, 0.3) is 0 Å². The first-order valence-electron chi connectivity index (χ1n) is 1.51. The van der Waals surface area contributed by atoms with E-state index in [1.165, 1.54) is 0 Å². The third-order valence-corrected chi connectivity index (χ3v) is 0. The van der Waals surface area contributed by atoms with Gasteiger partial charge < -0.3 is 39.4 Å². The molecule has 0 aromatic carbocycles. The van der Waals surface area contributed by atoms with Crippen molar-refractivity contribution >= 4 is 15.6 Å². The summed E-state index contributed by atoms with van der Waals surface area (Å²) in [4.78, 5) is 47.2. The molecule has 1 radical (unpaired) electrons. The van der Waals surface area contributed by atoms with Crippen LogP contribution in [-0.2, 0) is 26.2 Å². The van der Waals surface area contributed by atoms with Gasteiger partial charge in [-0.1, -0.05) is 0 Å². The summed E-state index contributed by atoms with van der Waals surface area (Å²) >= 11 is 0. The molecule has 12 heavy (non-hydrogen) atoms. The summed E-state index contributed by atoms with van der Waals surface area (Å²) in [5.74, 6) is 0. The molecule has 0 saturated carbocycles. The molecule has 0 heterocycles. The van der Waals surface area contributed by atoms with Crippen molar-refractivity contribution in [3.05, 3.63) is 0 Å². The largest absolute Gasteiger partial charge is 3.00 e. The number of hydrogen-bond donors (Lipinski definition) is 3. The van der Waals surface area contributed by atoms with Crippen molar-refractivity contribution in [1.29, 1.82) is 0 Å². The molecule has 0 unspecified atom stereocenters. The molecule has 77 valence electrons. The molecule has 0 spiro atoms. The zero-order valence-corrected chi connectivity index (χ0v) is 8.02. The Labute approximate surface area is 77.3 Å². The van der Waals surface area contributed by atoms with Gasteiger partial charge in [0.15, 0.2) is 0 Å². The molecule has 0 aromatic heterocycles. The van der Waals surface area contributed by atoms with E-state index in [0.717, 1.165) is 0 Å². The number of rotatable bonds is 0. The Bertz CT molecular complexity index is 125. The average molecular weight is 267 g/mol. The molecule has 0 amide bonds. The van der Waals surface area contributed by atoms with Crippen LogP contribution < -0.4 is 14.7 Å². The smallest absolute Gasteiger partial charge is 0.822 e. The fourth-order valence-corrected chi connectivity index (χ4v) is 0. The summed E-state index contributed by atoms with van der Waals surface area (Å²) in [5.41, 5.74) is 0. The van der Waals surface area contributed by atoms with E-state index in [2.05, 4.69) is 0 Å². The van der Waals surface area contributed by atoms with Crippen molar-refractivity contribution in [1.82, 2.24) is 0 Å². The van der Waals surface area contributed by atoms with Crippen LogP contribution in [0.4, 0.5) is 0 Å². The normalized spacial score (nSPS) is 9.83. The molecule has 9 nitrogen and oxygen atoms in total. The maximum absolute atomic E-state index is 8.88. The topological polar surface area (TPSA) is 196 Å². The number of phosphoric acid groups is 2. The molecule has 0 rings (SSSR count). The van der Waals surface area contributed by atoms with E-state index in [4.69, 9.17) is 38.5 Å². The maximum atomic E-state index is 8.88. The molecular formula is H5FeO9P2. The SMILES string of the molecule is O.O=P(O)(O)O.O=P([O-])([O-])[O-].[Fe+3]. The van der Waals surface area contributed by atoms with E-state index >= 15 is 0 Å². The third kappa shape index (κ3) is 2060. The molecule has 0 saturated heterocycles. The fourth-order valence-electron chi connectivity index (χ4n) is 0. The monoisotopic (exact) mass is 267 g/mol. The Hall–Kier alpha value is 0.699. The molecule has 0 atom stereocenters. The van der Waals surface area contributed by atoms with Crippen LogP contribution in [0.3, 0.4) is 0 Å². The Morgan fingerprint density at radius 1 is 0.917 bits per heavy atom. The Morgan fingerprint density at radius 3 is 0.917 bits per heavy atom. The van der Waals surface area contributed by atoms with Gasteiger partial charge in [-0.25, -0.2) is 4.57 Å². The quantitative estimate of drug-likeness (QED) is 0.287. The third-order valence-electron chi connectivity index (χ3n) is 0. The first-order chi connectivity index (χ1) is 4.00. The molecule has 0 aliphatic carbocycles. The van der Waals surface area contributed by atoms with Gasteiger partial charge in [0.25, 0.3) is 0 Å². The minimum Gasteiger partial charge on any atom is -0.822 e. The minimum absolute atomic E-state index is 0. The van der Waals surface area contributed by atoms with Crippen LogP contribution in [-0.4, -0.2) is 20.2 Å². The van der Waals surface area contributed by atoms with Gasteiger partial charge in [0.1, 0.15) is 0 Å². The summed E-state index contributed by atoms with van der Waals surface area (Å²) in [5, 5.41) is 0. The van der Waals surface area contributed by atoms with Crippen molar-refractivity contribution in [2.75, 3.05) is 0 Å². The average Bonchev–Trinajstić information content (AvgIpc) is 1.12. The van der Waals surface area contributed by atoms with Crippen LogP contribution in [0.2, 0.25) is 0 Å². The molecule has 0 aromatic rings. The zero-order chi connectivity index (χ0) is 9.00. The van der Waals surface area contributed by atoms with Crippen molar-refractivity contribution < 1.29 is 61.0 Å². The molecule has 5 N–H and O–H groups in total. The molecular weight excluding hydrogens is 262 g/mol. The van der Waals surface area contributed by atoms with E-state index in [0.29, 0.717) is 0 Å². The summed E-state index contributed by atoms with van der Waals surface area (Å²) in [7, 11) is -10.0. The van der Waals surface area contributed by atoms with Crippen molar-refractivity contribution in [2.24, 2.45) is 0 Å². The van der Waals surface area contributed by atoms with Crippen molar-refractivity contribution in [3.63, 3.8) is 0 Å². The minimum atomic E-state index is -5.39. The second kappa shape index (κ2) is 8.30. The van der Waals surface area contributed by atoms with E-state index in [1.807, 2.05) is 0 Å². The summed E-state index contributed by atoms with van der Waals surface area (Å²) in [6, 6.07) is 0. The van der Waals surface area contributed by atoms with Crippen molar-refractivity contribution in [2.45, 2.75) is 0 Å². The molecule has 0 fully saturated rings. The van der Waals surface area contributed by atoms with Gasteiger partial charge in [-0.15, -0.1) is 0 Å². The maximum Gasteiger partial charge on any atom is 3.00 e. The first kappa shape index (κ1) is 23.0. The van der Waals surface area contributed by atoms with Crippen molar-refractivity contribution in [3.8, 4) is 0 Å². The molecule has 12 heteroatoms. The van der Waals surface area contributed by atoms with Crippen LogP contribution in [0.15, 0.2) is 0 Å². The van der Waals surface area contributed by atoms with Crippen LogP contribution in [0.1, 0.15) is 0 Å². The second-order valence-electron chi connectivity index (χ2n) is 0.960. The summed E-state index contributed by atoms with van der Waals surface area (Å²) < 4.78 is 17.4. The van der Waals surface area contributed by atoms with Crippen LogP contribution in [0, 0.1) is 0 Å². The van der Waals surface area contributed by atoms with Gasteiger partial charge >= 0.3 is 24.9 Å². The van der Waals surface area contributed by atoms with Gasteiger partial charge in [-0.2, -0.15) is 7.82 Å². The Morgan fingerprint density at radius 2 is 0.917 bits per heavy atom.